The Morgan fingerprint density at radius 3 is 2.35 bits per heavy atom. The summed E-state index contributed by atoms with van der Waals surface area (Å²) in [6.07, 6.45) is 2.59. The lowest BCUT2D eigenvalue weighted by Gasteiger charge is -2.26. The predicted octanol–water partition coefficient (Wildman–Crippen LogP) is 4.57. The summed E-state index contributed by atoms with van der Waals surface area (Å²) in [5, 5.41) is 3.55. The topological polar surface area (TPSA) is 21.3 Å². The van der Waals surface area contributed by atoms with Crippen molar-refractivity contribution < 1.29 is 4.74 Å². The third-order valence-electron chi connectivity index (χ3n) is 3.35. The molecule has 0 aliphatic rings. The van der Waals surface area contributed by atoms with E-state index in [1.54, 1.807) is 0 Å². The van der Waals surface area contributed by atoms with Crippen LogP contribution in [0.3, 0.4) is 0 Å². The zero-order valence-electron chi connectivity index (χ0n) is 13.8. The molecule has 0 fully saturated rings. The van der Waals surface area contributed by atoms with Crippen LogP contribution in [0.25, 0.3) is 0 Å². The van der Waals surface area contributed by atoms with Crippen molar-refractivity contribution in [2.45, 2.75) is 59.1 Å². The summed E-state index contributed by atoms with van der Waals surface area (Å²) in [4.78, 5) is 0. The van der Waals surface area contributed by atoms with Gasteiger partial charge in [-0.05, 0) is 38.7 Å². The van der Waals surface area contributed by atoms with Crippen molar-refractivity contribution in [2.24, 2.45) is 5.92 Å². The number of hydrogen-bond acceptors (Lipinski definition) is 2. The van der Waals surface area contributed by atoms with E-state index in [1.165, 1.54) is 18.4 Å². The van der Waals surface area contributed by atoms with Crippen LogP contribution in [0.4, 0.5) is 0 Å². The minimum absolute atomic E-state index is 0.116. The molecule has 0 saturated carbocycles. The summed E-state index contributed by atoms with van der Waals surface area (Å²) in [7, 11) is 0. The summed E-state index contributed by atoms with van der Waals surface area (Å²) in [6, 6.07) is 10.5. The fourth-order valence-electron chi connectivity index (χ4n) is 2.20. The molecule has 1 aromatic carbocycles. The van der Waals surface area contributed by atoms with Crippen LogP contribution in [-0.4, -0.2) is 18.7 Å². The van der Waals surface area contributed by atoms with Crippen molar-refractivity contribution in [1.82, 2.24) is 5.32 Å². The van der Waals surface area contributed by atoms with Crippen molar-refractivity contribution in [1.29, 1.82) is 0 Å². The van der Waals surface area contributed by atoms with Crippen LogP contribution in [0.15, 0.2) is 30.3 Å². The molecule has 0 bridgehead atoms. The highest BCUT2D eigenvalue weighted by Crippen LogP contribution is 2.19. The van der Waals surface area contributed by atoms with Gasteiger partial charge in [-0.1, -0.05) is 50.6 Å². The van der Waals surface area contributed by atoms with Crippen LogP contribution in [0.2, 0.25) is 0 Å². The lowest BCUT2D eigenvalue weighted by Crippen LogP contribution is -2.39. The molecule has 2 nitrogen and oxygen atoms in total. The molecule has 0 radical (unpaired) electrons. The Bertz CT molecular complexity index is 355. The van der Waals surface area contributed by atoms with Gasteiger partial charge in [0.15, 0.2) is 0 Å². The van der Waals surface area contributed by atoms with Crippen LogP contribution >= 0.6 is 0 Å². The number of hydrogen-bond donors (Lipinski definition) is 1. The maximum absolute atomic E-state index is 6.18. The van der Waals surface area contributed by atoms with Gasteiger partial charge in [0.1, 0.15) is 0 Å². The molecule has 0 heterocycles. The molecule has 2 unspecified atom stereocenters. The number of nitrogens with one attached hydrogen (secondary N) is 1. The largest absolute Gasteiger partial charge is 0.372 e. The van der Waals surface area contributed by atoms with Crippen molar-refractivity contribution in [3.05, 3.63) is 35.9 Å². The van der Waals surface area contributed by atoms with Crippen molar-refractivity contribution in [3.8, 4) is 0 Å². The van der Waals surface area contributed by atoms with Crippen LogP contribution in [0.1, 0.15) is 59.1 Å². The van der Waals surface area contributed by atoms with Gasteiger partial charge in [0.05, 0.1) is 12.7 Å². The van der Waals surface area contributed by atoms with E-state index in [2.05, 4.69) is 70.3 Å². The Kier molecular flexibility index (Phi) is 7.25. The average molecular weight is 277 g/mol. The van der Waals surface area contributed by atoms with Crippen molar-refractivity contribution in [3.63, 3.8) is 0 Å². The molecule has 1 N–H and O–H groups in total. The van der Waals surface area contributed by atoms with E-state index in [1.807, 2.05) is 0 Å². The molecule has 0 spiro atoms. The maximum atomic E-state index is 6.18. The molecular formula is C18H31NO. The Labute approximate surface area is 124 Å². The van der Waals surface area contributed by atoms with E-state index < -0.39 is 0 Å². The maximum Gasteiger partial charge on any atom is 0.0949 e. The van der Waals surface area contributed by atoms with Crippen LogP contribution in [0.5, 0.6) is 0 Å². The standard InChI is InChI=1S/C18H31NO/c1-6-10-15(2)14-20-17(13-19-18(3,4)5)16-11-8-7-9-12-16/h7-9,11-12,15,17,19H,6,10,13-14H2,1-5H3. The molecular weight excluding hydrogens is 246 g/mol. The first kappa shape index (κ1) is 17.2. The molecule has 1 rings (SSSR count). The highest BCUT2D eigenvalue weighted by Gasteiger charge is 2.17. The second kappa shape index (κ2) is 8.43. The lowest BCUT2D eigenvalue weighted by atomic mass is 10.0. The highest BCUT2D eigenvalue weighted by atomic mass is 16.5. The minimum atomic E-state index is 0.116. The van der Waals surface area contributed by atoms with Gasteiger partial charge >= 0.3 is 0 Å². The van der Waals surface area contributed by atoms with Gasteiger partial charge in [0.25, 0.3) is 0 Å². The van der Waals surface area contributed by atoms with Crippen LogP contribution < -0.4 is 5.32 Å². The highest BCUT2D eigenvalue weighted by molar-refractivity contribution is 5.18. The number of benzene rings is 1. The number of ether oxygens (including phenoxy) is 1. The van der Waals surface area contributed by atoms with Gasteiger partial charge in [-0.15, -0.1) is 0 Å². The summed E-state index contributed by atoms with van der Waals surface area (Å²) < 4.78 is 6.18. The summed E-state index contributed by atoms with van der Waals surface area (Å²) in [5.74, 6) is 0.626. The first-order valence-electron chi connectivity index (χ1n) is 7.84. The second-order valence-electron chi connectivity index (χ2n) is 6.76. The van der Waals surface area contributed by atoms with Crippen LogP contribution in [0, 0.1) is 5.92 Å². The summed E-state index contributed by atoms with van der Waals surface area (Å²) in [5.41, 5.74) is 1.37. The minimum Gasteiger partial charge on any atom is -0.372 e. The van der Waals surface area contributed by atoms with Gasteiger partial charge in [-0.25, -0.2) is 0 Å². The van der Waals surface area contributed by atoms with E-state index in [0.717, 1.165) is 13.2 Å². The zero-order chi connectivity index (χ0) is 15.0. The molecule has 114 valence electrons. The van der Waals surface area contributed by atoms with E-state index in [-0.39, 0.29) is 11.6 Å². The third-order valence-corrected chi connectivity index (χ3v) is 3.35. The molecule has 20 heavy (non-hydrogen) atoms. The fourth-order valence-corrected chi connectivity index (χ4v) is 2.20. The van der Waals surface area contributed by atoms with Crippen molar-refractivity contribution >= 4 is 0 Å². The predicted molar refractivity (Wildman–Crippen MR) is 87.0 cm³/mol. The fraction of sp³-hybridized carbons (Fsp3) is 0.667. The molecule has 1 aromatic rings. The summed E-state index contributed by atoms with van der Waals surface area (Å²) in [6.45, 7) is 12.7. The van der Waals surface area contributed by atoms with E-state index in [9.17, 15) is 0 Å². The molecule has 2 atom stereocenters. The van der Waals surface area contributed by atoms with Crippen LogP contribution in [-0.2, 0) is 4.74 Å². The molecule has 0 aliphatic carbocycles. The smallest absolute Gasteiger partial charge is 0.0949 e. The van der Waals surface area contributed by atoms with E-state index >= 15 is 0 Å². The van der Waals surface area contributed by atoms with Gasteiger partial charge in [0.2, 0.25) is 0 Å². The Hall–Kier alpha value is -0.860. The van der Waals surface area contributed by atoms with Gasteiger partial charge in [-0.2, -0.15) is 0 Å². The third kappa shape index (κ3) is 7.06. The van der Waals surface area contributed by atoms with Gasteiger partial charge < -0.3 is 10.1 Å². The van der Waals surface area contributed by atoms with Crippen molar-refractivity contribution in [2.75, 3.05) is 13.2 Å². The first-order valence-corrected chi connectivity index (χ1v) is 7.84. The molecule has 0 saturated heterocycles. The normalized spacial score (nSPS) is 15.1. The average Bonchev–Trinajstić information content (AvgIpc) is 2.39. The Morgan fingerprint density at radius 1 is 1.15 bits per heavy atom. The Balaban J connectivity index is 2.60. The van der Waals surface area contributed by atoms with E-state index in [4.69, 9.17) is 4.74 Å². The monoisotopic (exact) mass is 277 g/mol. The lowest BCUT2D eigenvalue weighted by molar-refractivity contribution is 0.0265. The molecule has 0 amide bonds. The zero-order valence-corrected chi connectivity index (χ0v) is 13.8. The summed E-state index contributed by atoms with van der Waals surface area (Å²) >= 11 is 0. The van der Waals surface area contributed by atoms with E-state index in [0.29, 0.717) is 5.92 Å². The molecule has 2 heteroatoms. The first-order chi connectivity index (χ1) is 9.42. The SMILES string of the molecule is CCCC(C)COC(CNC(C)(C)C)c1ccccc1. The quantitative estimate of drug-likeness (QED) is 0.751. The number of rotatable bonds is 8. The molecule has 0 aliphatic heterocycles. The second-order valence-corrected chi connectivity index (χ2v) is 6.76. The van der Waals surface area contributed by atoms with Gasteiger partial charge in [0, 0.05) is 12.1 Å². The van der Waals surface area contributed by atoms with Gasteiger partial charge in [-0.3, -0.25) is 0 Å². The Morgan fingerprint density at radius 2 is 1.80 bits per heavy atom. The molecule has 0 aromatic heterocycles.